The molecule has 0 radical (unpaired) electrons. The highest BCUT2D eigenvalue weighted by Gasteiger charge is 2.51. The van der Waals surface area contributed by atoms with Gasteiger partial charge in [-0.1, -0.05) is 6.07 Å². The van der Waals surface area contributed by atoms with Crippen molar-refractivity contribution in [2.75, 3.05) is 11.6 Å². The van der Waals surface area contributed by atoms with Crippen molar-refractivity contribution in [3.05, 3.63) is 23.8 Å². The molecule has 1 aliphatic rings. The first-order valence-electron chi connectivity index (χ1n) is 6.39. The van der Waals surface area contributed by atoms with Crippen LogP contribution >= 0.6 is 0 Å². The van der Waals surface area contributed by atoms with Crippen molar-refractivity contribution in [1.29, 1.82) is 0 Å². The van der Waals surface area contributed by atoms with Crippen molar-refractivity contribution in [1.82, 2.24) is 14.3 Å². The normalized spacial score (nSPS) is 17.7. The van der Waals surface area contributed by atoms with E-state index in [2.05, 4.69) is 4.98 Å². The molecule has 0 saturated carbocycles. The Bertz CT molecular complexity index is 980. The molecule has 1 aliphatic heterocycles. The number of nitrogens with zero attached hydrogens (tertiary/aromatic N) is 2. The Hall–Kier alpha value is -2.63. The number of carbonyl (C=O) groups is 2. The number of halogens is 3. The molecule has 0 fully saturated rings. The van der Waals surface area contributed by atoms with Gasteiger partial charge in [0, 0.05) is 0 Å². The fourth-order valence-electron chi connectivity index (χ4n) is 2.46. The van der Waals surface area contributed by atoms with E-state index in [4.69, 9.17) is 0 Å². The van der Waals surface area contributed by atoms with Crippen LogP contribution in [0.1, 0.15) is 16.4 Å². The van der Waals surface area contributed by atoms with Crippen LogP contribution in [-0.4, -0.2) is 42.2 Å². The van der Waals surface area contributed by atoms with E-state index in [0.717, 1.165) is 6.26 Å². The molecular formula is C12H9F3N4O4S. The third kappa shape index (κ3) is 2.58. The minimum absolute atomic E-state index is 0.119. The Morgan fingerprint density at radius 2 is 2.04 bits per heavy atom. The first kappa shape index (κ1) is 16.2. The number of anilines is 1. The maximum Gasteiger partial charge on any atom is 0.418 e. The smallest absolute Gasteiger partial charge is 0.294 e. The Labute approximate surface area is 132 Å². The molecule has 1 unspecified atom stereocenters. The molecule has 24 heavy (non-hydrogen) atoms. The quantitative estimate of drug-likeness (QED) is 0.820. The van der Waals surface area contributed by atoms with Gasteiger partial charge in [0.2, 0.25) is 22.0 Å². The molecule has 0 saturated heterocycles. The molecular weight excluding hydrogens is 353 g/mol. The zero-order chi connectivity index (χ0) is 17.9. The van der Waals surface area contributed by atoms with Crippen molar-refractivity contribution in [2.45, 2.75) is 12.2 Å². The van der Waals surface area contributed by atoms with Crippen molar-refractivity contribution in [3.8, 4) is 0 Å². The maximum atomic E-state index is 13.1. The zero-order valence-electron chi connectivity index (χ0n) is 11.9. The van der Waals surface area contributed by atoms with Gasteiger partial charge in [0.25, 0.3) is 11.8 Å². The molecule has 1 atom stereocenters. The van der Waals surface area contributed by atoms with Gasteiger partial charge in [-0.25, -0.2) is 18.1 Å². The zero-order valence-corrected chi connectivity index (χ0v) is 12.7. The van der Waals surface area contributed by atoms with Gasteiger partial charge >= 0.3 is 6.18 Å². The van der Waals surface area contributed by atoms with Gasteiger partial charge in [0.1, 0.15) is 5.52 Å². The largest absolute Gasteiger partial charge is 0.418 e. The van der Waals surface area contributed by atoms with Gasteiger partial charge in [0.05, 0.1) is 17.3 Å². The Morgan fingerprint density at radius 3 is 2.62 bits per heavy atom. The number of imidazole rings is 1. The summed E-state index contributed by atoms with van der Waals surface area (Å²) in [7, 11) is -3.86. The second kappa shape index (κ2) is 4.93. The van der Waals surface area contributed by atoms with Gasteiger partial charge in [-0.15, -0.1) is 0 Å². The van der Waals surface area contributed by atoms with E-state index in [-0.39, 0.29) is 22.5 Å². The number of fused-ring (bicyclic) bond motifs is 3. The summed E-state index contributed by atoms with van der Waals surface area (Å²) in [5.41, 5.74) is -0.496. The lowest BCUT2D eigenvalue weighted by molar-refractivity contribution is -0.171. The summed E-state index contributed by atoms with van der Waals surface area (Å²) in [6, 6.07) is 1.27. The standard InChI is InChI=1S/C12H9F3N4O4S/c1-24(22,23)18-9(20)5-3-2-4-6-7(5)16-11-17-10(21)8(19(6)11)12(13,14)15/h2-4,8H,1H3,(H,18,20)(H,16,17,21). The summed E-state index contributed by atoms with van der Waals surface area (Å²) in [6.45, 7) is 0. The number of sulfonamides is 1. The van der Waals surface area contributed by atoms with Gasteiger partial charge < -0.3 is 0 Å². The second-order valence-corrected chi connectivity index (χ2v) is 6.86. The minimum Gasteiger partial charge on any atom is -0.294 e. The maximum absolute atomic E-state index is 13.1. The molecule has 128 valence electrons. The lowest BCUT2D eigenvalue weighted by Gasteiger charge is -2.15. The first-order valence-corrected chi connectivity index (χ1v) is 8.29. The Morgan fingerprint density at radius 1 is 1.38 bits per heavy atom. The second-order valence-electron chi connectivity index (χ2n) is 5.12. The fourth-order valence-corrected chi connectivity index (χ4v) is 2.91. The molecule has 1 aromatic heterocycles. The molecule has 0 bridgehead atoms. The molecule has 2 aromatic rings. The Balaban J connectivity index is 2.18. The fraction of sp³-hybridized carbons (Fsp3) is 0.250. The number of benzene rings is 1. The number of para-hydroxylation sites is 1. The lowest BCUT2D eigenvalue weighted by atomic mass is 10.1. The summed E-state index contributed by atoms with van der Waals surface area (Å²) >= 11 is 0. The summed E-state index contributed by atoms with van der Waals surface area (Å²) in [5, 5.41) is 2.00. The Kier molecular flexibility index (Phi) is 3.34. The molecule has 2 amide bonds. The number of hydrogen-bond acceptors (Lipinski definition) is 5. The number of alkyl halides is 3. The summed E-state index contributed by atoms with van der Waals surface area (Å²) in [5.74, 6) is -2.68. The topological polar surface area (TPSA) is 110 Å². The number of hydrogen-bond donors (Lipinski definition) is 2. The van der Waals surface area contributed by atoms with E-state index in [0.29, 0.717) is 4.57 Å². The van der Waals surface area contributed by atoms with Gasteiger partial charge in [-0.3, -0.25) is 19.5 Å². The average molecular weight is 362 g/mol. The SMILES string of the molecule is CS(=O)(=O)NC(=O)c1cccc2c1nc1n2C(C(F)(F)F)C(=O)N1. The minimum atomic E-state index is -4.85. The van der Waals surface area contributed by atoms with Crippen molar-refractivity contribution < 1.29 is 31.2 Å². The number of aromatic nitrogens is 2. The van der Waals surface area contributed by atoms with Crippen LogP contribution in [-0.2, 0) is 14.8 Å². The van der Waals surface area contributed by atoms with Crippen LogP contribution in [0.4, 0.5) is 19.1 Å². The van der Waals surface area contributed by atoms with Crippen LogP contribution < -0.4 is 10.0 Å². The number of rotatable bonds is 2. The molecule has 1 aromatic carbocycles. The molecule has 2 heterocycles. The van der Waals surface area contributed by atoms with E-state index < -0.39 is 34.1 Å². The van der Waals surface area contributed by atoms with E-state index in [1.54, 1.807) is 4.72 Å². The average Bonchev–Trinajstić information content (AvgIpc) is 2.89. The van der Waals surface area contributed by atoms with Crippen molar-refractivity contribution in [2.24, 2.45) is 0 Å². The van der Waals surface area contributed by atoms with Crippen molar-refractivity contribution >= 4 is 38.8 Å². The number of nitrogens with one attached hydrogen (secondary N) is 2. The monoisotopic (exact) mass is 362 g/mol. The lowest BCUT2D eigenvalue weighted by Crippen LogP contribution is -2.31. The molecule has 8 nitrogen and oxygen atoms in total. The van der Waals surface area contributed by atoms with Crippen LogP contribution in [0, 0.1) is 0 Å². The summed E-state index contributed by atoms with van der Waals surface area (Å²) < 4.78 is 64.0. The highest BCUT2D eigenvalue weighted by Crippen LogP contribution is 2.40. The number of amides is 2. The molecule has 3 rings (SSSR count). The third-order valence-corrected chi connectivity index (χ3v) is 3.85. The van der Waals surface area contributed by atoms with Crippen LogP contribution in [0.2, 0.25) is 0 Å². The van der Waals surface area contributed by atoms with Crippen molar-refractivity contribution in [3.63, 3.8) is 0 Å². The molecule has 12 heteroatoms. The van der Waals surface area contributed by atoms with Crippen LogP contribution in [0.25, 0.3) is 11.0 Å². The van der Waals surface area contributed by atoms with E-state index in [1.807, 2.05) is 5.32 Å². The highest BCUT2D eigenvalue weighted by atomic mass is 32.2. The molecule has 0 aliphatic carbocycles. The highest BCUT2D eigenvalue weighted by molar-refractivity contribution is 7.89. The molecule has 2 N–H and O–H groups in total. The predicted octanol–water partition coefficient (Wildman–Crippen LogP) is 0.781. The van der Waals surface area contributed by atoms with Crippen LogP contribution in [0.3, 0.4) is 0 Å². The van der Waals surface area contributed by atoms with E-state index in [9.17, 15) is 31.2 Å². The summed E-state index contributed by atoms with van der Waals surface area (Å²) in [4.78, 5) is 27.4. The van der Waals surface area contributed by atoms with Crippen LogP contribution in [0.15, 0.2) is 18.2 Å². The van der Waals surface area contributed by atoms with Gasteiger partial charge in [0.15, 0.2) is 0 Å². The van der Waals surface area contributed by atoms with Gasteiger partial charge in [-0.2, -0.15) is 13.2 Å². The number of carbonyl (C=O) groups excluding carboxylic acids is 2. The van der Waals surface area contributed by atoms with Gasteiger partial charge in [-0.05, 0) is 12.1 Å². The molecule has 0 spiro atoms. The van der Waals surface area contributed by atoms with E-state index in [1.165, 1.54) is 18.2 Å². The first-order chi connectivity index (χ1) is 11.0. The van der Waals surface area contributed by atoms with E-state index >= 15 is 0 Å². The summed E-state index contributed by atoms with van der Waals surface area (Å²) in [6.07, 6.45) is -4.09. The predicted molar refractivity (Wildman–Crippen MR) is 75.8 cm³/mol. The van der Waals surface area contributed by atoms with Crippen LogP contribution in [0.5, 0.6) is 0 Å². The third-order valence-electron chi connectivity index (χ3n) is 3.29.